The van der Waals surface area contributed by atoms with Crippen LogP contribution in [0.15, 0.2) is 29.9 Å². The quantitative estimate of drug-likeness (QED) is 0.901. The highest BCUT2D eigenvalue weighted by molar-refractivity contribution is 7.09. The standard InChI is InChI=1S/C13H16N2O2S/c1-16-11-4-3-9(6-12(11)17-2)5-10(14)13-7-15-8-18-13/h3-4,6-8,10H,5,14H2,1-2H3. The fraction of sp³-hybridized carbons (Fsp3) is 0.308. The smallest absolute Gasteiger partial charge is 0.160 e. The Balaban J connectivity index is 2.14. The molecule has 2 aromatic rings. The Morgan fingerprint density at radius 2 is 2.06 bits per heavy atom. The van der Waals surface area contributed by atoms with Gasteiger partial charge < -0.3 is 15.2 Å². The largest absolute Gasteiger partial charge is 0.493 e. The minimum atomic E-state index is -0.0319. The number of hydrogen-bond donors (Lipinski definition) is 1. The molecule has 1 atom stereocenters. The molecule has 0 bridgehead atoms. The van der Waals surface area contributed by atoms with Crippen LogP contribution in [0.1, 0.15) is 16.5 Å². The molecule has 0 amide bonds. The van der Waals surface area contributed by atoms with Gasteiger partial charge in [0.15, 0.2) is 11.5 Å². The Bertz CT molecular complexity index is 500. The van der Waals surface area contributed by atoms with Gasteiger partial charge in [0.05, 0.1) is 19.7 Å². The molecule has 4 nitrogen and oxygen atoms in total. The van der Waals surface area contributed by atoms with Crippen molar-refractivity contribution in [3.05, 3.63) is 40.3 Å². The van der Waals surface area contributed by atoms with E-state index in [-0.39, 0.29) is 6.04 Å². The maximum Gasteiger partial charge on any atom is 0.160 e. The molecular formula is C13H16N2O2S. The zero-order chi connectivity index (χ0) is 13.0. The molecule has 0 radical (unpaired) electrons. The van der Waals surface area contributed by atoms with E-state index in [2.05, 4.69) is 4.98 Å². The van der Waals surface area contributed by atoms with Gasteiger partial charge in [0.2, 0.25) is 0 Å². The summed E-state index contributed by atoms with van der Waals surface area (Å²) in [5.41, 5.74) is 9.05. The molecule has 0 saturated carbocycles. The topological polar surface area (TPSA) is 57.4 Å². The highest BCUT2D eigenvalue weighted by Crippen LogP contribution is 2.29. The van der Waals surface area contributed by atoms with Crippen molar-refractivity contribution in [2.24, 2.45) is 5.73 Å². The second-order valence-electron chi connectivity index (χ2n) is 3.90. The molecule has 1 unspecified atom stereocenters. The molecule has 2 N–H and O–H groups in total. The zero-order valence-electron chi connectivity index (χ0n) is 10.4. The first-order valence-electron chi connectivity index (χ1n) is 5.59. The number of ether oxygens (including phenoxy) is 2. The van der Waals surface area contributed by atoms with Gasteiger partial charge >= 0.3 is 0 Å². The lowest BCUT2D eigenvalue weighted by Gasteiger charge is -2.12. The predicted octanol–water partition coefficient (Wildman–Crippen LogP) is 2.40. The van der Waals surface area contributed by atoms with E-state index in [1.54, 1.807) is 31.1 Å². The van der Waals surface area contributed by atoms with E-state index >= 15 is 0 Å². The van der Waals surface area contributed by atoms with Gasteiger partial charge in [0.1, 0.15) is 0 Å². The van der Waals surface area contributed by atoms with Crippen LogP contribution in [-0.2, 0) is 6.42 Å². The van der Waals surface area contributed by atoms with E-state index in [4.69, 9.17) is 15.2 Å². The number of methoxy groups -OCH3 is 2. The molecule has 0 aliphatic heterocycles. The SMILES string of the molecule is COc1ccc(CC(N)c2cncs2)cc1OC. The lowest BCUT2D eigenvalue weighted by atomic mass is 10.1. The molecule has 5 heteroatoms. The third-order valence-electron chi connectivity index (χ3n) is 2.72. The second kappa shape index (κ2) is 5.84. The highest BCUT2D eigenvalue weighted by atomic mass is 32.1. The Labute approximate surface area is 110 Å². The Morgan fingerprint density at radius 1 is 1.28 bits per heavy atom. The number of aromatic nitrogens is 1. The highest BCUT2D eigenvalue weighted by Gasteiger charge is 2.11. The fourth-order valence-electron chi connectivity index (χ4n) is 1.77. The Morgan fingerprint density at radius 3 is 2.67 bits per heavy atom. The van der Waals surface area contributed by atoms with Gasteiger partial charge in [-0.25, -0.2) is 0 Å². The first-order chi connectivity index (χ1) is 8.74. The van der Waals surface area contributed by atoms with Gasteiger partial charge in [-0.1, -0.05) is 6.07 Å². The summed E-state index contributed by atoms with van der Waals surface area (Å²) in [6.07, 6.45) is 2.57. The number of rotatable bonds is 5. The summed E-state index contributed by atoms with van der Waals surface area (Å²) >= 11 is 1.58. The van der Waals surface area contributed by atoms with E-state index in [9.17, 15) is 0 Å². The molecule has 0 fully saturated rings. The number of benzene rings is 1. The number of nitrogens with zero attached hydrogens (tertiary/aromatic N) is 1. The maximum atomic E-state index is 6.13. The van der Waals surface area contributed by atoms with Crippen LogP contribution >= 0.6 is 11.3 Å². The molecule has 1 aromatic carbocycles. The van der Waals surface area contributed by atoms with Crippen LogP contribution in [0.4, 0.5) is 0 Å². The maximum absolute atomic E-state index is 6.13. The van der Waals surface area contributed by atoms with Gasteiger partial charge in [0, 0.05) is 17.1 Å². The van der Waals surface area contributed by atoms with Crippen LogP contribution in [0.2, 0.25) is 0 Å². The van der Waals surface area contributed by atoms with Crippen LogP contribution in [0.5, 0.6) is 11.5 Å². The molecule has 1 aromatic heterocycles. The third-order valence-corrected chi connectivity index (χ3v) is 3.63. The number of hydrogen-bond acceptors (Lipinski definition) is 5. The summed E-state index contributed by atoms with van der Waals surface area (Å²) < 4.78 is 10.5. The first kappa shape index (κ1) is 12.9. The van der Waals surface area contributed by atoms with Crippen molar-refractivity contribution in [1.82, 2.24) is 4.98 Å². The average molecular weight is 264 g/mol. The van der Waals surface area contributed by atoms with Crippen LogP contribution < -0.4 is 15.2 Å². The summed E-state index contributed by atoms with van der Waals surface area (Å²) in [6.45, 7) is 0. The minimum absolute atomic E-state index is 0.0319. The van der Waals surface area contributed by atoms with Crippen molar-refractivity contribution in [2.45, 2.75) is 12.5 Å². The van der Waals surface area contributed by atoms with E-state index in [1.165, 1.54) is 0 Å². The average Bonchev–Trinajstić information content (AvgIpc) is 2.92. The fourth-order valence-corrected chi connectivity index (χ4v) is 2.39. The van der Waals surface area contributed by atoms with E-state index in [1.807, 2.05) is 24.4 Å². The summed E-state index contributed by atoms with van der Waals surface area (Å²) in [5, 5.41) is 0. The third kappa shape index (κ3) is 2.80. The summed E-state index contributed by atoms with van der Waals surface area (Å²) in [6, 6.07) is 5.82. The van der Waals surface area contributed by atoms with E-state index in [0.29, 0.717) is 0 Å². The lowest BCUT2D eigenvalue weighted by molar-refractivity contribution is 0.354. The van der Waals surface area contributed by atoms with E-state index < -0.39 is 0 Å². The van der Waals surface area contributed by atoms with Gasteiger partial charge in [-0.2, -0.15) is 0 Å². The summed E-state index contributed by atoms with van der Waals surface area (Å²) in [4.78, 5) is 5.13. The van der Waals surface area contributed by atoms with Crippen molar-refractivity contribution in [2.75, 3.05) is 14.2 Å². The van der Waals surface area contributed by atoms with Gasteiger partial charge in [-0.15, -0.1) is 11.3 Å². The monoisotopic (exact) mass is 264 g/mol. The zero-order valence-corrected chi connectivity index (χ0v) is 11.2. The van der Waals surface area contributed by atoms with Crippen molar-refractivity contribution in [3.63, 3.8) is 0 Å². The Hall–Kier alpha value is -1.59. The van der Waals surface area contributed by atoms with Crippen LogP contribution in [0.3, 0.4) is 0 Å². The molecule has 0 aliphatic carbocycles. The van der Waals surface area contributed by atoms with Crippen molar-refractivity contribution < 1.29 is 9.47 Å². The molecule has 18 heavy (non-hydrogen) atoms. The molecule has 96 valence electrons. The van der Waals surface area contributed by atoms with Gasteiger partial charge in [0.25, 0.3) is 0 Å². The van der Waals surface area contributed by atoms with Crippen molar-refractivity contribution in [1.29, 1.82) is 0 Å². The predicted molar refractivity (Wildman–Crippen MR) is 72.3 cm³/mol. The van der Waals surface area contributed by atoms with Crippen molar-refractivity contribution in [3.8, 4) is 11.5 Å². The van der Waals surface area contributed by atoms with Crippen LogP contribution in [-0.4, -0.2) is 19.2 Å². The Kier molecular flexibility index (Phi) is 4.17. The van der Waals surface area contributed by atoms with Gasteiger partial charge in [-0.3, -0.25) is 4.98 Å². The molecule has 0 saturated heterocycles. The molecular weight excluding hydrogens is 248 g/mol. The van der Waals surface area contributed by atoms with Gasteiger partial charge in [-0.05, 0) is 24.1 Å². The molecule has 0 spiro atoms. The number of thiazole rings is 1. The normalized spacial score (nSPS) is 12.2. The van der Waals surface area contributed by atoms with Crippen LogP contribution in [0, 0.1) is 0 Å². The summed E-state index contributed by atoms with van der Waals surface area (Å²) in [7, 11) is 3.26. The minimum Gasteiger partial charge on any atom is -0.493 e. The molecule has 0 aliphatic rings. The second-order valence-corrected chi connectivity index (χ2v) is 4.82. The number of nitrogens with two attached hydrogens (primary N) is 1. The molecule has 2 rings (SSSR count). The van der Waals surface area contributed by atoms with Crippen LogP contribution in [0.25, 0.3) is 0 Å². The van der Waals surface area contributed by atoms with Crippen molar-refractivity contribution >= 4 is 11.3 Å². The lowest BCUT2D eigenvalue weighted by Crippen LogP contribution is -2.11. The first-order valence-corrected chi connectivity index (χ1v) is 6.47. The molecule has 1 heterocycles. The summed E-state index contributed by atoms with van der Waals surface area (Å²) in [5.74, 6) is 1.46. The van der Waals surface area contributed by atoms with E-state index in [0.717, 1.165) is 28.4 Å².